The highest BCUT2D eigenvalue weighted by Gasteiger charge is 2.15. The van der Waals surface area contributed by atoms with E-state index in [0.29, 0.717) is 43.7 Å². The van der Waals surface area contributed by atoms with Gasteiger partial charge in [0.2, 0.25) is 11.8 Å². The van der Waals surface area contributed by atoms with Gasteiger partial charge in [0.05, 0.1) is 22.6 Å². The van der Waals surface area contributed by atoms with Crippen LogP contribution in [0.3, 0.4) is 0 Å². The zero-order chi connectivity index (χ0) is 30.0. The van der Waals surface area contributed by atoms with Gasteiger partial charge >= 0.3 is 6.09 Å². The van der Waals surface area contributed by atoms with Crippen molar-refractivity contribution < 1.29 is 29.3 Å². The maximum absolute atomic E-state index is 12.8. The number of aryl methyl sites for hydroxylation is 1. The molecule has 12 nitrogen and oxygen atoms in total. The van der Waals surface area contributed by atoms with Gasteiger partial charge in [-0.1, -0.05) is 24.3 Å². The second-order valence-corrected chi connectivity index (χ2v) is 10.0. The summed E-state index contributed by atoms with van der Waals surface area (Å²) in [5, 5.41) is 39.2. The molecular weight excluding hydrogens is 560 g/mol. The lowest BCUT2D eigenvalue weighted by molar-refractivity contribution is -0.115. The molecule has 5 rings (SSSR count). The fraction of sp³-hybridized carbons (Fsp3) is 0.103. The molecule has 42 heavy (non-hydrogen) atoms. The number of phenols is 2. The number of rotatable bonds is 6. The molecule has 0 radical (unpaired) electrons. The zero-order valence-electron chi connectivity index (χ0n) is 22.6. The van der Waals surface area contributed by atoms with Crippen LogP contribution in [0.2, 0.25) is 0 Å². The van der Waals surface area contributed by atoms with Gasteiger partial charge < -0.3 is 25.6 Å². The summed E-state index contributed by atoms with van der Waals surface area (Å²) in [6, 6.07) is 16.6. The molecule has 0 aliphatic heterocycles. The van der Waals surface area contributed by atoms with E-state index in [2.05, 4.69) is 30.6 Å². The van der Waals surface area contributed by atoms with Crippen LogP contribution in [0.5, 0.6) is 17.2 Å². The number of carbonyl (C=O) groups excluding carboxylic acids is 3. The topological polar surface area (TPSA) is 175 Å². The highest BCUT2D eigenvalue weighted by Crippen LogP contribution is 2.39. The SMILES string of the molecule is CC(=O)Nc1cc(N=Nc2snc3ccc(NC(=O)Oc4cc(C)c(O)c5ccccc45)cc23)cc(NC(C)=O)c1O. The lowest BCUT2D eigenvalue weighted by Crippen LogP contribution is -2.16. The van der Waals surface area contributed by atoms with Crippen molar-refractivity contribution in [2.75, 3.05) is 16.0 Å². The van der Waals surface area contributed by atoms with Crippen LogP contribution in [-0.4, -0.2) is 32.5 Å². The number of aromatic nitrogens is 1. The number of carbonyl (C=O) groups is 3. The Labute approximate surface area is 242 Å². The molecule has 1 aromatic heterocycles. The van der Waals surface area contributed by atoms with E-state index in [4.69, 9.17) is 4.74 Å². The van der Waals surface area contributed by atoms with Gasteiger partial charge in [-0.2, -0.15) is 4.37 Å². The molecule has 3 amide bonds. The Morgan fingerprint density at radius 3 is 2.14 bits per heavy atom. The van der Waals surface area contributed by atoms with Crippen molar-refractivity contribution in [2.45, 2.75) is 20.8 Å². The molecule has 0 aliphatic rings. The number of phenolic OH excluding ortho intramolecular Hbond substituents is 2. The molecule has 4 aromatic carbocycles. The molecule has 0 saturated carbocycles. The summed E-state index contributed by atoms with van der Waals surface area (Å²) in [4.78, 5) is 36.0. The van der Waals surface area contributed by atoms with Crippen LogP contribution >= 0.6 is 11.5 Å². The quantitative estimate of drug-likeness (QED) is 0.104. The van der Waals surface area contributed by atoms with Gasteiger partial charge in [0, 0.05) is 35.7 Å². The van der Waals surface area contributed by atoms with Crippen LogP contribution in [0, 0.1) is 6.92 Å². The number of anilines is 3. The van der Waals surface area contributed by atoms with Crippen molar-refractivity contribution in [3.63, 3.8) is 0 Å². The van der Waals surface area contributed by atoms with E-state index in [1.54, 1.807) is 55.5 Å². The standard InChI is InChI=1S/C29H24N6O6S/c1-14-10-25(19-6-4-5-7-20(19)26(14)38)41-29(40)32-17-8-9-22-21(11-17)28(42-35-22)34-33-18-12-23(30-15(2)36)27(39)24(13-18)31-16(3)37/h4-13,38-39H,1-3H3,(H,30,36)(H,31,37)(H,32,40). The second-order valence-electron chi connectivity index (χ2n) is 9.27. The molecule has 1 heterocycles. The van der Waals surface area contributed by atoms with Crippen molar-refractivity contribution >= 4 is 78.9 Å². The predicted octanol–water partition coefficient (Wildman–Crippen LogP) is 7.11. The summed E-state index contributed by atoms with van der Waals surface area (Å²) in [6.45, 7) is 4.29. The number of azo groups is 1. The fourth-order valence-corrected chi connectivity index (χ4v) is 4.90. The molecule has 0 atom stereocenters. The molecule has 212 valence electrons. The highest BCUT2D eigenvalue weighted by atomic mass is 32.1. The number of amides is 3. The van der Waals surface area contributed by atoms with E-state index >= 15 is 0 Å². The summed E-state index contributed by atoms with van der Waals surface area (Å²) < 4.78 is 9.95. The summed E-state index contributed by atoms with van der Waals surface area (Å²) in [5.74, 6) is -0.735. The lowest BCUT2D eigenvalue weighted by Gasteiger charge is -2.12. The van der Waals surface area contributed by atoms with Gasteiger partial charge in [0.1, 0.15) is 11.5 Å². The minimum Gasteiger partial charge on any atom is -0.507 e. The first-order chi connectivity index (χ1) is 20.1. The van der Waals surface area contributed by atoms with Crippen molar-refractivity contribution in [3.8, 4) is 17.2 Å². The number of hydrogen-bond donors (Lipinski definition) is 5. The number of nitrogens with zero attached hydrogens (tertiary/aromatic N) is 3. The largest absolute Gasteiger partial charge is 0.507 e. The van der Waals surface area contributed by atoms with E-state index < -0.39 is 17.9 Å². The molecule has 0 bridgehead atoms. The lowest BCUT2D eigenvalue weighted by atomic mass is 10.1. The Morgan fingerprint density at radius 1 is 0.810 bits per heavy atom. The van der Waals surface area contributed by atoms with E-state index in [-0.39, 0.29) is 28.6 Å². The molecule has 5 aromatic rings. The van der Waals surface area contributed by atoms with E-state index in [0.717, 1.165) is 11.5 Å². The molecule has 0 unspecified atom stereocenters. The number of nitrogens with one attached hydrogen (secondary N) is 3. The average molecular weight is 585 g/mol. The molecule has 13 heteroatoms. The molecule has 0 aliphatic carbocycles. The first-order valence-corrected chi connectivity index (χ1v) is 13.3. The van der Waals surface area contributed by atoms with Crippen molar-refractivity contribution in [1.29, 1.82) is 0 Å². The number of hydrogen-bond acceptors (Lipinski definition) is 10. The fourth-order valence-electron chi connectivity index (χ4n) is 4.22. The van der Waals surface area contributed by atoms with Gasteiger partial charge in [0.25, 0.3) is 0 Å². The Balaban J connectivity index is 1.40. The van der Waals surface area contributed by atoms with Gasteiger partial charge in [-0.25, -0.2) is 4.79 Å². The minimum absolute atomic E-state index is 0.0541. The van der Waals surface area contributed by atoms with Gasteiger partial charge in [0.15, 0.2) is 10.8 Å². The van der Waals surface area contributed by atoms with E-state index in [1.165, 1.54) is 26.0 Å². The maximum atomic E-state index is 12.8. The van der Waals surface area contributed by atoms with Crippen LogP contribution in [-0.2, 0) is 9.59 Å². The number of aromatic hydroxyl groups is 2. The van der Waals surface area contributed by atoms with E-state index in [9.17, 15) is 24.6 Å². The molecular formula is C29H24N6O6S. The summed E-state index contributed by atoms with van der Waals surface area (Å²) in [6.07, 6.45) is -0.726. The minimum atomic E-state index is -0.726. The molecule has 0 fully saturated rings. The third kappa shape index (κ3) is 5.95. The smallest absolute Gasteiger partial charge is 0.417 e. The number of benzene rings is 4. The van der Waals surface area contributed by atoms with Gasteiger partial charge in [-0.3, -0.25) is 14.9 Å². The second kappa shape index (κ2) is 11.5. The van der Waals surface area contributed by atoms with Crippen LogP contribution in [0.4, 0.5) is 32.5 Å². The Hall–Kier alpha value is -5.56. The Bertz CT molecular complexity index is 1880. The third-order valence-electron chi connectivity index (χ3n) is 6.05. The van der Waals surface area contributed by atoms with E-state index in [1.807, 2.05) is 0 Å². The zero-order valence-corrected chi connectivity index (χ0v) is 23.4. The normalized spacial score (nSPS) is 11.1. The van der Waals surface area contributed by atoms with Crippen LogP contribution in [0.15, 0.2) is 70.9 Å². The van der Waals surface area contributed by atoms with Crippen molar-refractivity contribution in [1.82, 2.24) is 4.37 Å². The van der Waals surface area contributed by atoms with Crippen LogP contribution < -0.4 is 20.7 Å². The van der Waals surface area contributed by atoms with Crippen LogP contribution in [0.25, 0.3) is 21.7 Å². The summed E-state index contributed by atoms with van der Waals surface area (Å²) >= 11 is 1.08. The Morgan fingerprint density at radius 2 is 1.48 bits per heavy atom. The van der Waals surface area contributed by atoms with Crippen molar-refractivity contribution in [2.24, 2.45) is 10.2 Å². The van der Waals surface area contributed by atoms with Gasteiger partial charge in [-0.15, -0.1) is 10.2 Å². The number of ether oxygens (including phenoxy) is 1. The van der Waals surface area contributed by atoms with Crippen molar-refractivity contribution in [3.05, 3.63) is 66.2 Å². The average Bonchev–Trinajstić information content (AvgIpc) is 3.34. The van der Waals surface area contributed by atoms with Crippen LogP contribution in [0.1, 0.15) is 19.4 Å². The maximum Gasteiger partial charge on any atom is 0.417 e. The molecule has 5 N–H and O–H groups in total. The highest BCUT2D eigenvalue weighted by molar-refractivity contribution is 7.11. The summed E-state index contributed by atoms with van der Waals surface area (Å²) in [5.41, 5.74) is 1.97. The first kappa shape index (κ1) is 28.0. The first-order valence-electron chi connectivity index (χ1n) is 12.5. The molecule has 0 saturated heterocycles. The van der Waals surface area contributed by atoms with Gasteiger partial charge in [-0.05, 0) is 60.4 Å². The predicted molar refractivity (Wildman–Crippen MR) is 161 cm³/mol. The summed E-state index contributed by atoms with van der Waals surface area (Å²) in [7, 11) is 0. The third-order valence-corrected chi connectivity index (χ3v) is 6.81. The Kier molecular flexibility index (Phi) is 7.67. The molecule has 0 spiro atoms. The monoisotopic (exact) mass is 584 g/mol. The number of fused-ring (bicyclic) bond motifs is 2.